The van der Waals surface area contributed by atoms with Crippen LogP contribution in [-0.2, 0) is 0 Å². The average molecular weight is 378 g/mol. The quantitative estimate of drug-likeness (QED) is 0.385. The number of thiol groups is 1. The van der Waals surface area contributed by atoms with E-state index in [0.29, 0.717) is 6.61 Å². The van der Waals surface area contributed by atoms with Crippen LogP contribution in [0.5, 0.6) is 5.75 Å². The van der Waals surface area contributed by atoms with Crippen molar-refractivity contribution >= 4 is 34.4 Å². The number of pyridine rings is 2. The lowest BCUT2D eigenvalue weighted by Gasteiger charge is -2.06. The Balaban J connectivity index is 0.000000177. The van der Waals surface area contributed by atoms with Crippen molar-refractivity contribution < 1.29 is 4.74 Å². The number of hydrogen-bond acceptors (Lipinski definition) is 4. The third kappa shape index (κ3) is 5.59. The van der Waals surface area contributed by atoms with Crippen LogP contribution in [0.4, 0.5) is 0 Å². The van der Waals surface area contributed by atoms with Crippen molar-refractivity contribution in [1.29, 1.82) is 0 Å². The van der Waals surface area contributed by atoms with E-state index in [1.807, 2.05) is 48.7 Å². The summed E-state index contributed by atoms with van der Waals surface area (Å²) in [5, 5.41) is 2.18. The van der Waals surface area contributed by atoms with Crippen molar-refractivity contribution in [3.8, 4) is 5.75 Å². The van der Waals surface area contributed by atoms with Crippen molar-refractivity contribution in [2.45, 2.75) is 12.8 Å². The van der Waals surface area contributed by atoms with E-state index in [1.54, 1.807) is 6.07 Å². The molecule has 4 aromatic rings. The van der Waals surface area contributed by atoms with Crippen LogP contribution in [0.1, 0.15) is 12.8 Å². The van der Waals surface area contributed by atoms with Crippen LogP contribution in [0, 0.1) is 0 Å². The first kappa shape index (κ1) is 19.0. The highest BCUT2D eigenvalue weighted by atomic mass is 32.1. The number of nitrogens with one attached hydrogen (secondary N) is 1. The number of ether oxygens (including phenoxy) is 1. The van der Waals surface area contributed by atoms with Crippen molar-refractivity contribution in [2.24, 2.45) is 0 Å². The van der Waals surface area contributed by atoms with Crippen LogP contribution < -0.4 is 10.3 Å². The van der Waals surface area contributed by atoms with Gasteiger partial charge in [0.05, 0.1) is 12.1 Å². The van der Waals surface area contributed by atoms with Gasteiger partial charge >= 0.3 is 0 Å². The SMILES string of the molecule is O=c1ccc2cc(OCCCCS)ccc2[nH]1.c1ccc2ncccc2c1. The zero-order valence-corrected chi connectivity index (χ0v) is 15.9. The lowest BCUT2D eigenvalue weighted by atomic mass is 10.2. The standard InChI is InChI=1S/C13H15NO2S.C9H7N/c15-13-6-3-10-9-11(4-5-12(10)14-13)16-7-1-2-8-17;1-2-6-9-8(4-1)5-3-7-10-9/h3-6,9,17H,1-2,7-8H2,(H,14,15);1-7H. The number of unbranched alkanes of at least 4 members (excludes halogenated alkanes) is 1. The Morgan fingerprint density at radius 3 is 2.63 bits per heavy atom. The predicted octanol–water partition coefficient (Wildman–Crippen LogP) is 4.85. The number of hydrogen-bond donors (Lipinski definition) is 2. The molecular formula is C22H22N2O2S. The molecule has 0 bridgehead atoms. The second-order valence-corrected chi connectivity index (χ2v) is 6.49. The summed E-state index contributed by atoms with van der Waals surface area (Å²) in [4.78, 5) is 18.1. The van der Waals surface area contributed by atoms with Gasteiger partial charge in [-0.05, 0) is 55.0 Å². The second kappa shape index (κ2) is 9.78. The molecule has 4 nitrogen and oxygen atoms in total. The molecule has 0 saturated carbocycles. The van der Waals surface area contributed by atoms with Gasteiger partial charge in [0, 0.05) is 28.6 Å². The molecule has 0 atom stereocenters. The molecule has 0 radical (unpaired) electrons. The first-order chi connectivity index (χ1) is 13.3. The molecule has 0 aliphatic carbocycles. The highest BCUT2D eigenvalue weighted by Crippen LogP contribution is 2.18. The van der Waals surface area contributed by atoms with Crippen molar-refractivity contribution in [2.75, 3.05) is 12.4 Å². The zero-order chi connectivity index (χ0) is 18.9. The number of benzene rings is 2. The van der Waals surface area contributed by atoms with Crippen LogP contribution in [0.3, 0.4) is 0 Å². The smallest absolute Gasteiger partial charge is 0.248 e. The van der Waals surface area contributed by atoms with Crippen LogP contribution in [0.2, 0.25) is 0 Å². The maximum Gasteiger partial charge on any atom is 0.248 e. The van der Waals surface area contributed by atoms with E-state index >= 15 is 0 Å². The van der Waals surface area contributed by atoms with Crippen LogP contribution in [0.15, 0.2) is 77.7 Å². The maximum absolute atomic E-state index is 11.1. The molecule has 0 spiro atoms. The Hall–Kier alpha value is -2.79. The summed E-state index contributed by atoms with van der Waals surface area (Å²) < 4.78 is 5.62. The fraction of sp³-hybridized carbons (Fsp3) is 0.182. The molecule has 5 heteroatoms. The molecule has 1 N–H and O–H groups in total. The summed E-state index contributed by atoms with van der Waals surface area (Å²) in [6.07, 6.45) is 3.87. The van der Waals surface area contributed by atoms with E-state index in [2.05, 4.69) is 34.7 Å². The molecule has 138 valence electrons. The second-order valence-electron chi connectivity index (χ2n) is 6.05. The molecule has 0 fully saturated rings. The number of rotatable bonds is 5. The Bertz CT molecular complexity index is 997. The van der Waals surface area contributed by atoms with E-state index in [4.69, 9.17) is 4.74 Å². The number of aromatic nitrogens is 2. The van der Waals surface area contributed by atoms with Crippen LogP contribution in [-0.4, -0.2) is 22.3 Å². The molecule has 0 unspecified atom stereocenters. The Kier molecular flexibility index (Phi) is 6.88. The van der Waals surface area contributed by atoms with E-state index in [-0.39, 0.29) is 5.56 Å². The van der Waals surface area contributed by atoms with Gasteiger partial charge in [0.15, 0.2) is 0 Å². The van der Waals surface area contributed by atoms with Gasteiger partial charge in [-0.3, -0.25) is 9.78 Å². The third-order valence-corrected chi connectivity index (χ3v) is 4.34. The first-order valence-electron chi connectivity index (χ1n) is 8.93. The number of fused-ring (bicyclic) bond motifs is 2. The van der Waals surface area contributed by atoms with E-state index in [9.17, 15) is 4.79 Å². The molecule has 2 aromatic carbocycles. The summed E-state index contributed by atoms with van der Waals surface area (Å²) in [5.74, 6) is 1.73. The van der Waals surface area contributed by atoms with Crippen LogP contribution in [0.25, 0.3) is 21.8 Å². The zero-order valence-electron chi connectivity index (χ0n) is 15.0. The monoisotopic (exact) mass is 378 g/mol. The third-order valence-electron chi connectivity index (χ3n) is 4.03. The number of para-hydroxylation sites is 1. The molecule has 27 heavy (non-hydrogen) atoms. The average Bonchev–Trinajstić information content (AvgIpc) is 2.72. The number of H-pyrrole nitrogens is 1. The van der Waals surface area contributed by atoms with Crippen molar-refractivity contribution in [3.05, 3.63) is 83.3 Å². The van der Waals surface area contributed by atoms with Gasteiger partial charge in [0.25, 0.3) is 0 Å². The Morgan fingerprint density at radius 1 is 0.926 bits per heavy atom. The minimum absolute atomic E-state index is 0.0834. The van der Waals surface area contributed by atoms with E-state index < -0.39 is 0 Å². The fourth-order valence-corrected chi connectivity index (χ4v) is 2.87. The highest BCUT2D eigenvalue weighted by Gasteiger charge is 1.98. The molecular weight excluding hydrogens is 356 g/mol. The lowest BCUT2D eigenvalue weighted by Crippen LogP contribution is -2.02. The molecule has 0 saturated heterocycles. The topological polar surface area (TPSA) is 55.0 Å². The highest BCUT2D eigenvalue weighted by molar-refractivity contribution is 7.80. The minimum Gasteiger partial charge on any atom is -0.494 e. The first-order valence-corrected chi connectivity index (χ1v) is 9.56. The maximum atomic E-state index is 11.1. The Morgan fingerprint density at radius 2 is 1.78 bits per heavy atom. The van der Waals surface area contributed by atoms with Gasteiger partial charge in [-0.1, -0.05) is 24.3 Å². The van der Waals surface area contributed by atoms with E-state index in [0.717, 1.165) is 40.8 Å². The molecule has 2 aromatic heterocycles. The van der Waals surface area contributed by atoms with Gasteiger partial charge in [-0.2, -0.15) is 12.6 Å². The predicted molar refractivity (Wildman–Crippen MR) is 115 cm³/mol. The van der Waals surface area contributed by atoms with Crippen molar-refractivity contribution in [1.82, 2.24) is 9.97 Å². The fourth-order valence-electron chi connectivity index (χ4n) is 2.64. The summed E-state index contributed by atoms with van der Waals surface area (Å²) in [5.41, 5.74) is 1.81. The van der Waals surface area contributed by atoms with Gasteiger partial charge < -0.3 is 9.72 Å². The number of nitrogens with zero attached hydrogens (tertiary/aromatic N) is 1. The summed E-state index contributed by atoms with van der Waals surface area (Å²) in [7, 11) is 0. The summed E-state index contributed by atoms with van der Waals surface area (Å²) >= 11 is 4.15. The molecule has 0 aliphatic rings. The molecule has 4 rings (SSSR count). The van der Waals surface area contributed by atoms with Gasteiger partial charge in [-0.25, -0.2) is 0 Å². The number of aromatic amines is 1. The van der Waals surface area contributed by atoms with Crippen molar-refractivity contribution in [3.63, 3.8) is 0 Å². The molecule has 0 amide bonds. The van der Waals surface area contributed by atoms with Gasteiger partial charge in [0.2, 0.25) is 5.56 Å². The minimum atomic E-state index is -0.0834. The molecule has 0 aliphatic heterocycles. The van der Waals surface area contributed by atoms with Gasteiger partial charge in [0.1, 0.15) is 5.75 Å². The lowest BCUT2D eigenvalue weighted by molar-refractivity contribution is 0.310. The summed E-state index contributed by atoms with van der Waals surface area (Å²) in [6, 6.07) is 21.1. The van der Waals surface area contributed by atoms with Crippen LogP contribution >= 0.6 is 12.6 Å². The molecule has 2 heterocycles. The summed E-state index contributed by atoms with van der Waals surface area (Å²) in [6.45, 7) is 0.704. The largest absolute Gasteiger partial charge is 0.494 e. The van der Waals surface area contributed by atoms with Gasteiger partial charge in [-0.15, -0.1) is 0 Å². The Labute approximate surface area is 163 Å². The van der Waals surface area contributed by atoms with E-state index in [1.165, 1.54) is 11.5 Å². The normalized spacial score (nSPS) is 10.4.